The van der Waals surface area contributed by atoms with E-state index in [2.05, 4.69) is 13.0 Å². The molecular weight excluding hydrogens is 272 g/mol. The number of benzene rings is 2. The molecule has 0 aliphatic carbocycles. The normalized spacial score (nSPS) is 10.4. The van der Waals surface area contributed by atoms with Crippen molar-refractivity contribution < 1.29 is 9.53 Å². The first-order chi connectivity index (χ1) is 9.38. The third-order valence-corrected chi connectivity index (χ3v) is 3.62. The first kappa shape index (κ1) is 14.6. The SMILES string of the molecule is CC(=O)c1ccc(Oc2cc(C)cc(C)c2C)c(Cl)c1. The van der Waals surface area contributed by atoms with Gasteiger partial charge < -0.3 is 4.74 Å². The molecule has 2 aromatic carbocycles. The molecule has 2 aromatic rings. The first-order valence-electron chi connectivity index (χ1n) is 6.44. The van der Waals surface area contributed by atoms with Gasteiger partial charge in [-0.1, -0.05) is 17.7 Å². The Morgan fingerprint density at radius 1 is 1.05 bits per heavy atom. The molecule has 0 heterocycles. The first-order valence-corrected chi connectivity index (χ1v) is 6.82. The third-order valence-electron chi connectivity index (χ3n) is 3.32. The Labute approximate surface area is 124 Å². The van der Waals surface area contributed by atoms with Crippen LogP contribution in [0.3, 0.4) is 0 Å². The summed E-state index contributed by atoms with van der Waals surface area (Å²) in [6, 6.07) is 9.19. The second-order valence-electron chi connectivity index (χ2n) is 5.01. The number of carbonyl (C=O) groups is 1. The Kier molecular flexibility index (Phi) is 4.15. The van der Waals surface area contributed by atoms with Crippen LogP contribution in [0.15, 0.2) is 30.3 Å². The predicted octanol–water partition coefficient (Wildman–Crippen LogP) is 5.26. The molecule has 0 fully saturated rings. The summed E-state index contributed by atoms with van der Waals surface area (Å²) < 4.78 is 5.89. The Balaban J connectivity index is 2.38. The summed E-state index contributed by atoms with van der Waals surface area (Å²) >= 11 is 6.18. The molecule has 0 spiro atoms. The van der Waals surface area contributed by atoms with Gasteiger partial charge in [0.15, 0.2) is 5.78 Å². The van der Waals surface area contributed by atoms with Crippen LogP contribution in [0.2, 0.25) is 5.02 Å². The summed E-state index contributed by atoms with van der Waals surface area (Å²) in [7, 11) is 0. The second-order valence-corrected chi connectivity index (χ2v) is 5.42. The third kappa shape index (κ3) is 3.02. The van der Waals surface area contributed by atoms with Gasteiger partial charge in [-0.25, -0.2) is 0 Å². The van der Waals surface area contributed by atoms with Crippen molar-refractivity contribution in [3.05, 3.63) is 57.6 Å². The molecule has 0 saturated carbocycles. The van der Waals surface area contributed by atoms with Crippen molar-refractivity contribution in [3.8, 4) is 11.5 Å². The Morgan fingerprint density at radius 2 is 1.75 bits per heavy atom. The number of rotatable bonds is 3. The van der Waals surface area contributed by atoms with Crippen LogP contribution in [0.25, 0.3) is 0 Å². The zero-order valence-corrected chi connectivity index (χ0v) is 12.8. The standard InChI is InChI=1S/C17H17ClO2/c1-10-7-11(2)12(3)17(8-10)20-16-6-5-14(13(4)19)9-15(16)18/h5-9H,1-4H3. The highest BCUT2D eigenvalue weighted by atomic mass is 35.5. The highest BCUT2D eigenvalue weighted by Gasteiger charge is 2.10. The summed E-state index contributed by atoms with van der Waals surface area (Å²) in [4.78, 5) is 11.3. The number of aryl methyl sites for hydroxylation is 2. The van der Waals surface area contributed by atoms with Crippen LogP contribution >= 0.6 is 11.6 Å². The van der Waals surface area contributed by atoms with E-state index in [4.69, 9.17) is 16.3 Å². The maximum absolute atomic E-state index is 11.3. The molecule has 0 N–H and O–H groups in total. The van der Waals surface area contributed by atoms with E-state index in [9.17, 15) is 4.79 Å². The quantitative estimate of drug-likeness (QED) is 0.720. The minimum Gasteiger partial charge on any atom is -0.456 e. The average molecular weight is 289 g/mol. The fourth-order valence-electron chi connectivity index (χ4n) is 2.03. The minimum atomic E-state index is -0.0129. The van der Waals surface area contributed by atoms with E-state index in [0.29, 0.717) is 16.3 Å². The number of hydrogen-bond acceptors (Lipinski definition) is 2. The lowest BCUT2D eigenvalue weighted by Crippen LogP contribution is -1.95. The van der Waals surface area contributed by atoms with Crippen LogP contribution in [0.1, 0.15) is 34.0 Å². The molecule has 0 bridgehead atoms. The van der Waals surface area contributed by atoms with Crippen molar-refractivity contribution in [2.24, 2.45) is 0 Å². The fraction of sp³-hybridized carbons (Fsp3) is 0.235. The summed E-state index contributed by atoms with van der Waals surface area (Å²) in [6.07, 6.45) is 0. The number of ether oxygens (including phenoxy) is 1. The van der Waals surface area contributed by atoms with E-state index in [1.54, 1.807) is 18.2 Å². The van der Waals surface area contributed by atoms with Crippen molar-refractivity contribution in [3.63, 3.8) is 0 Å². The largest absolute Gasteiger partial charge is 0.456 e. The Hall–Kier alpha value is -1.80. The maximum Gasteiger partial charge on any atom is 0.159 e. The van der Waals surface area contributed by atoms with Gasteiger partial charge in [-0.15, -0.1) is 0 Å². The highest BCUT2D eigenvalue weighted by Crippen LogP contribution is 2.33. The molecule has 0 aliphatic heterocycles. The number of ketones is 1. The molecular formula is C17H17ClO2. The molecule has 2 rings (SSSR count). The Morgan fingerprint density at radius 3 is 2.35 bits per heavy atom. The molecule has 104 valence electrons. The number of hydrogen-bond donors (Lipinski definition) is 0. The van der Waals surface area contributed by atoms with Crippen LogP contribution in [0.4, 0.5) is 0 Å². The van der Waals surface area contributed by atoms with Crippen LogP contribution in [-0.2, 0) is 0 Å². The van der Waals surface area contributed by atoms with Gasteiger partial charge in [0.25, 0.3) is 0 Å². The van der Waals surface area contributed by atoms with Gasteiger partial charge in [0.05, 0.1) is 5.02 Å². The fourth-order valence-corrected chi connectivity index (χ4v) is 2.25. The van der Waals surface area contributed by atoms with Gasteiger partial charge in [0, 0.05) is 5.56 Å². The molecule has 0 unspecified atom stereocenters. The zero-order chi connectivity index (χ0) is 14.9. The van der Waals surface area contributed by atoms with E-state index in [1.807, 2.05) is 19.9 Å². The van der Waals surface area contributed by atoms with E-state index in [0.717, 1.165) is 16.9 Å². The van der Waals surface area contributed by atoms with Gasteiger partial charge in [-0.3, -0.25) is 4.79 Å². The lowest BCUT2D eigenvalue weighted by molar-refractivity contribution is 0.101. The van der Waals surface area contributed by atoms with Crippen molar-refractivity contribution in [1.29, 1.82) is 0 Å². The van der Waals surface area contributed by atoms with E-state index >= 15 is 0 Å². The van der Waals surface area contributed by atoms with Crippen molar-refractivity contribution in [2.75, 3.05) is 0 Å². The number of carbonyl (C=O) groups excluding carboxylic acids is 1. The van der Waals surface area contributed by atoms with Crippen LogP contribution in [0.5, 0.6) is 11.5 Å². The lowest BCUT2D eigenvalue weighted by atomic mass is 10.1. The summed E-state index contributed by atoms with van der Waals surface area (Å²) in [5, 5.41) is 0.441. The van der Waals surface area contributed by atoms with Gasteiger partial charge in [0.1, 0.15) is 11.5 Å². The van der Waals surface area contributed by atoms with Gasteiger partial charge in [-0.05, 0) is 68.7 Å². The van der Waals surface area contributed by atoms with Crippen molar-refractivity contribution >= 4 is 17.4 Å². The molecule has 0 radical (unpaired) electrons. The lowest BCUT2D eigenvalue weighted by Gasteiger charge is -2.13. The monoisotopic (exact) mass is 288 g/mol. The van der Waals surface area contributed by atoms with Gasteiger partial charge in [0.2, 0.25) is 0 Å². The maximum atomic E-state index is 11.3. The second kappa shape index (κ2) is 5.68. The minimum absolute atomic E-state index is 0.0129. The zero-order valence-electron chi connectivity index (χ0n) is 12.1. The highest BCUT2D eigenvalue weighted by molar-refractivity contribution is 6.32. The van der Waals surface area contributed by atoms with Crippen LogP contribution < -0.4 is 4.74 Å². The van der Waals surface area contributed by atoms with Crippen LogP contribution in [-0.4, -0.2) is 5.78 Å². The number of Topliss-reactive ketones (excluding diaryl/α,β-unsaturated/α-hetero) is 1. The average Bonchev–Trinajstić information content (AvgIpc) is 2.37. The summed E-state index contributed by atoms with van der Waals surface area (Å²) in [6.45, 7) is 7.61. The van der Waals surface area contributed by atoms with Crippen molar-refractivity contribution in [1.82, 2.24) is 0 Å². The number of halogens is 1. The molecule has 20 heavy (non-hydrogen) atoms. The molecule has 0 amide bonds. The molecule has 3 heteroatoms. The summed E-state index contributed by atoms with van der Waals surface area (Å²) in [5.74, 6) is 1.34. The predicted molar refractivity (Wildman–Crippen MR) is 82.2 cm³/mol. The van der Waals surface area contributed by atoms with E-state index in [-0.39, 0.29) is 5.78 Å². The molecule has 0 atom stereocenters. The van der Waals surface area contributed by atoms with Gasteiger partial charge >= 0.3 is 0 Å². The van der Waals surface area contributed by atoms with Crippen LogP contribution in [0, 0.1) is 20.8 Å². The topological polar surface area (TPSA) is 26.3 Å². The molecule has 0 aromatic heterocycles. The van der Waals surface area contributed by atoms with E-state index in [1.165, 1.54) is 12.5 Å². The molecule has 0 aliphatic rings. The molecule has 0 saturated heterocycles. The summed E-state index contributed by atoms with van der Waals surface area (Å²) in [5.41, 5.74) is 3.98. The van der Waals surface area contributed by atoms with Gasteiger partial charge in [-0.2, -0.15) is 0 Å². The van der Waals surface area contributed by atoms with Crippen molar-refractivity contribution in [2.45, 2.75) is 27.7 Å². The van der Waals surface area contributed by atoms with E-state index < -0.39 is 0 Å². The molecule has 2 nitrogen and oxygen atoms in total. The smallest absolute Gasteiger partial charge is 0.159 e. The Bertz CT molecular complexity index is 675.